The Kier molecular flexibility index (Phi) is 2.90. The number of urea groups is 1. The first-order valence-electron chi connectivity index (χ1n) is 4.06. The van der Waals surface area contributed by atoms with E-state index >= 15 is 0 Å². The summed E-state index contributed by atoms with van der Waals surface area (Å²) in [6, 6.07) is 8.41. The molecule has 1 aromatic rings. The first kappa shape index (κ1) is 9.58. The molecule has 0 atom stereocenters. The molecule has 1 aromatic carbocycles. The van der Waals surface area contributed by atoms with Crippen molar-refractivity contribution < 1.29 is 4.79 Å². The van der Waals surface area contributed by atoms with Crippen LogP contribution in [0.25, 0.3) is 0 Å². The van der Waals surface area contributed by atoms with E-state index in [1.54, 1.807) is 20.2 Å². The summed E-state index contributed by atoms with van der Waals surface area (Å²) in [6.07, 6.45) is 0. The van der Waals surface area contributed by atoms with E-state index in [-0.39, 0.29) is 6.03 Å². The second-order valence-electron chi connectivity index (χ2n) is 3.08. The Hall–Kier alpha value is -1.51. The minimum absolute atomic E-state index is 0.128. The van der Waals surface area contributed by atoms with Gasteiger partial charge in [-0.3, -0.25) is 0 Å². The van der Waals surface area contributed by atoms with Crippen molar-refractivity contribution in [3.63, 3.8) is 0 Å². The van der Waals surface area contributed by atoms with Gasteiger partial charge in [0.1, 0.15) is 0 Å². The Labute approximate surface area is 78.4 Å². The van der Waals surface area contributed by atoms with Gasteiger partial charge in [0.05, 0.1) is 0 Å². The number of anilines is 1. The average Bonchev–Trinajstić information content (AvgIpc) is 2.08. The summed E-state index contributed by atoms with van der Waals surface area (Å²) in [4.78, 5) is 12.7. The van der Waals surface area contributed by atoms with E-state index in [0.717, 1.165) is 11.3 Å². The second-order valence-corrected chi connectivity index (χ2v) is 3.08. The first-order chi connectivity index (χ1) is 6.09. The maximum absolute atomic E-state index is 11.2. The number of carbonyl (C=O) groups excluding carboxylic acids is 1. The highest BCUT2D eigenvalue weighted by Crippen LogP contribution is 2.07. The molecule has 2 amide bonds. The summed E-state index contributed by atoms with van der Waals surface area (Å²) in [5.74, 6) is 0. The lowest BCUT2D eigenvalue weighted by Gasteiger charge is -2.11. The van der Waals surface area contributed by atoms with Crippen molar-refractivity contribution in [2.45, 2.75) is 6.92 Å². The first-order valence-corrected chi connectivity index (χ1v) is 4.06. The molecular weight excluding hydrogens is 164 g/mol. The highest BCUT2D eigenvalue weighted by atomic mass is 16.2. The monoisotopic (exact) mass is 177 g/mol. The number of carbonyl (C=O) groups is 1. The molecule has 0 aromatic heterocycles. The normalized spacial score (nSPS) is 9.46. The van der Waals surface area contributed by atoms with Crippen LogP contribution in [-0.2, 0) is 0 Å². The molecule has 1 radical (unpaired) electrons. The molecule has 3 nitrogen and oxygen atoms in total. The zero-order valence-electron chi connectivity index (χ0n) is 8.09. The fourth-order valence-corrected chi connectivity index (χ4v) is 0.816. The van der Waals surface area contributed by atoms with Crippen molar-refractivity contribution in [1.29, 1.82) is 0 Å². The summed E-state index contributed by atoms with van der Waals surface area (Å²) in [6.45, 7) is 1.96. The molecule has 1 N–H and O–H groups in total. The topological polar surface area (TPSA) is 32.3 Å². The number of hydrogen-bond donors (Lipinski definition) is 1. The summed E-state index contributed by atoms with van der Waals surface area (Å²) < 4.78 is 0. The smallest absolute Gasteiger partial charge is 0.321 e. The molecular formula is C10H13N2O. The largest absolute Gasteiger partial charge is 0.331 e. The van der Waals surface area contributed by atoms with Gasteiger partial charge < -0.3 is 10.2 Å². The standard InChI is InChI=1S/C10H13N2O/c1-8-4-6-9(7-5-8)11-10(13)12(2)3/h4,6-7H,1-3H3,(H,11,13). The van der Waals surface area contributed by atoms with Crippen molar-refractivity contribution >= 4 is 11.7 Å². The number of amides is 2. The Balaban J connectivity index is 2.65. The molecule has 0 saturated heterocycles. The minimum Gasteiger partial charge on any atom is -0.331 e. The Morgan fingerprint density at radius 3 is 2.62 bits per heavy atom. The van der Waals surface area contributed by atoms with Gasteiger partial charge in [0.15, 0.2) is 0 Å². The molecule has 0 aliphatic carbocycles. The molecule has 0 aliphatic rings. The lowest BCUT2D eigenvalue weighted by molar-refractivity contribution is 0.230. The molecule has 13 heavy (non-hydrogen) atoms. The van der Waals surface area contributed by atoms with Crippen LogP contribution in [-0.4, -0.2) is 25.0 Å². The van der Waals surface area contributed by atoms with E-state index in [0.29, 0.717) is 0 Å². The molecule has 3 heteroatoms. The summed E-state index contributed by atoms with van der Waals surface area (Å²) >= 11 is 0. The van der Waals surface area contributed by atoms with Crippen LogP contribution in [0.2, 0.25) is 0 Å². The number of nitrogens with zero attached hydrogens (tertiary/aromatic N) is 1. The molecule has 1 rings (SSSR count). The third kappa shape index (κ3) is 2.78. The van der Waals surface area contributed by atoms with Gasteiger partial charge in [-0.05, 0) is 30.7 Å². The van der Waals surface area contributed by atoms with E-state index in [9.17, 15) is 4.79 Å². The predicted molar refractivity (Wildman–Crippen MR) is 52.7 cm³/mol. The van der Waals surface area contributed by atoms with Crippen LogP contribution in [0.15, 0.2) is 18.2 Å². The molecule has 0 unspecified atom stereocenters. The van der Waals surface area contributed by atoms with Gasteiger partial charge in [-0.15, -0.1) is 0 Å². The molecule has 0 bridgehead atoms. The Morgan fingerprint density at radius 2 is 2.15 bits per heavy atom. The van der Waals surface area contributed by atoms with Gasteiger partial charge in [0.25, 0.3) is 0 Å². The second kappa shape index (κ2) is 3.94. The van der Waals surface area contributed by atoms with E-state index in [1.807, 2.05) is 19.1 Å². The molecule has 0 aliphatic heterocycles. The van der Waals surface area contributed by atoms with E-state index in [4.69, 9.17) is 0 Å². The predicted octanol–water partition coefficient (Wildman–Crippen LogP) is 1.89. The van der Waals surface area contributed by atoms with Crippen LogP contribution in [0.1, 0.15) is 5.56 Å². The Morgan fingerprint density at radius 1 is 1.46 bits per heavy atom. The van der Waals surface area contributed by atoms with Crippen LogP contribution in [0.5, 0.6) is 0 Å². The maximum Gasteiger partial charge on any atom is 0.321 e. The zero-order valence-corrected chi connectivity index (χ0v) is 8.09. The maximum atomic E-state index is 11.2. The lowest BCUT2D eigenvalue weighted by Crippen LogP contribution is -2.27. The van der Waals surface area contributed by atoms with Gasteiger partial charge in [-0.25, -0.2) is 4.79 Å². The minimum atomic E-state index is -0.128. The van der Waals surface area contributed by atoms with E-state index in [1.165, 1.54) is 4.90 Å². The van der Waals surface area contributed by atoms with Gasteiger partial charge in [0, 0.05) is 19.8 Å². The third-order valence-corrected chi connectivity index (χ3v) is 1.63. The van der Waals surface area contributed by atoms with E-state index in [2.05, 4.69) is 11.4 Å². The van der Waals surface area contributed by atoms with Crippen molar-refractivity contribution in [3.05, 3.63) is 29.8 Å². The van der Waals surface area contributed by atoms with Crippen LogP contribution in [0, 0.1) is 13.0 Å². The number of rotatable bonds is 1. The molecule has 0 saturated carbocycles. The molecule has 0 fully saturated rings. The molecule has 0 heterocycles. The number of nitrogens with one attached hydrogen (secondary N) is 1. The van der Waals surface area contributed by atoms with Crippen molar-refractivity contribution in [2.24, 2.45) is 0 Å². The highest BCUT2D eigenvalue weighted by molar-refractivity contribution is 5.88. The van der Waals surface area contributed by atoms with Crippen LogP contribution >= 0.6 is 0 Å². The third-order valence-electron chi connectivity index (χ3n) is 1.63. The number of benzene rings is 1. The molecule has 0 spiro atoms. The van der Waals surface area contributed by atoms with Crippen molar-refractivity contribution in [2.75, 3.05) is 19.4 Å². The fourth-order valence-electron chi connectivity index (χ4n) is 0.816. The summed E-state index contributed by atoms with van der Waals surface area (Å²) in [5.41, 5.74) is 1.83. The van der Waals surface area contributed by atoms with E-state index < -0.39 is 0 Å². The van der Waals surface area contributed by atoms with Gasteiger partial charge >= 0.3 is 6.03 Å². The van der Waals surface area contributed by atoms with Crippen LogP contribution in [0.4, 0.5) is 10.5 Å². The van der Waals surface area contributed by atoms with Crippen molar-refractivity contribution in [1.82, 2.24) is 4.90 Å². The summed E-state index contributed by atoms with van der Waals surface area (Å²) in [5, 5.41) is 2.72. The van der Waals surface area contributed by atoms with Crippen LogP contribution < -0.4 is 5.32 Å². The number of aryl methyl sites for hydroxylation is 1. The van der Waals surface area contributed by atoms with Gasteiger partial charge in [-0.2, -0.15) is 0 Å². The SMILES string of the molecule is Cc1[c]cc(NC(=O)N(C)C)cc1. The van der Waals surface area contributed by atoms with Crippen molar-refractivity contribution in [3.8, 4) is 0 Å². The van der Waals surface area contributed by atoms with Crippen LogP contribution in [0.3, 0.4) is 0 Å². The van der Waals surface area contributed by atoms with Gasteiger partial charge in [0.2, 0.25) is 0 Å². The zero-order chi connectivity index (χ0) is 9.84. The lowest BCUT2D eigenvalue weighted by atomic mass is 10.2. The van der Waals surface area contributed by atoms with Gasteiger partial charge in [-0.1, -0.05) is 6.07 Å². The number of hydrogen-bond acceptors (Lipinski definition) is 1. The average molecular weight is 177 g/mol. The molecule has 69 valence electrons. The highest BCUT2D eigenvalue weighted by Gasteiger charge is 2.02. The summed E-state index contributed by atoms with van der Waals surface area (Å²) in [7, 11) is 3.40. The quantitative estimate of drug-likeness (QED) is 0.698. The fraction of sp³-hybridized carbons (Fsp3) is 0.300. The Bertz CT molecular complexity index is 290.